The highest BCUT2D eigenvalue weighted by Gasteiger charge is 2.28. The number of carboxylic acids is 1. The summed E-state index contributed by atoms with van der Waals surface area (Å²) in [6.07, 6.45) is 1.46. The van der Waals surface area contributed by atoms with Crippen LogP contribution in [0.3, 0.4) is 0 Å². The van der Waals surface area contributed by atoms with Crippen LogP contribution < -0.4 is 9.64 Å². The van der Waals surface area contributed by atoms with Crippen LogP contribution in [0.1, 0.15) is 12.0 Å². The number of ether oxygens (including phenoxy) is 1. The standard InChI is InChI=1S/C12H15NO3/c1-13-10(12(14)15)6-4-8-3-5-9(16-2)7-11(8)13/h3,5,7,10H,4,6H2,1-2H3,(H,14,15). The van der Waals surface area contributed by atoms with Gasteiger partial charge in [0.05, 0.1) is 7.11 Å². The number of hydrogen-bond acceptors (Lipinski definition) is 3. The Morgan fingerprint density at radius 3 is 2.94 bits per heavy atom. The van der Waals surface area contributed by atoms with Crippen LogP contribution >= 0.6 is 0 Å². The molecule has 1 N–H and O–H groups in total. The Hall–Kier alpha value is -1.71. The van der Waals surface area contributed by atoms with Gasteiger partial charge >= 0.3 is 5.97 Å². The molecule has 0 radical (unpaired) electrons. The zero-order valence-corrected chi connectivity index (χ0v) is 9.43. The summed E-state index contributed by atoms with van der Waals surface area (Å²) in [5.41, 5.74) is 2.14. The first-order valence-corrected chi connectivity index (χ1v) is 5.26. The summed E-state index contributed by atoms with van der Waals surface area (Å²) < 4.78 is 5.15. The van der Waals surface area contributed by atoms with Gasteiger partial charge in [0.25, 0.3) is 0 Å². The fourth-order valence-electron chi connectivity index (χ4n) is 2.15. The highest BCUT2D eigenvalue weighted by Crippen LogP contribution is 2.32. The molecule has 1 heterocycles. The molecule has 0 bridgehead atoms. The normalized spacial score (nSPS) is 19.1. The summed E-state index contributed by atoms with van der Waals surface area (Å²) in [5, 5.41) is 9.09. The van der Waals surface area contributed by atoms with Crippen LogP contribution in [0, 0.1) is 0 Å². The topological polar surface area (TPSA) is 49.8 Å². The van der Waals surface area contributed by atoms with E-state index in [0.717, 1.165) is 17.9 Å². The molecule has 1 aromatic carbocycles. The van der Waals surface area contributed by atoms with Crippen molar-refractivity contribution in [2.75, 3.05) is 19.1 Å². The molecule has 0 spiro atoms. The van der Waals surface area contributed by atoms with Gasteiger partial charge in [0.1, 0.15) is 11.8 Å². The van der Waals surface area contributed by atoms with Crippen LogP contribution in [0.2, 0.25) is 0 Å². The lowest BCUT2D eigenvalue weighted by Gasteiger charge is -2.33. The van der Waals surface area contributed by atoms with Gasteiger partial charge in [-0.15, -0.1) is 0 Å². The Labute approximate surface area is 94.4 Å². The van der Waals surface area contributed by atoms with Crippen LogP contribution in [0.4, 0.5) is 5.69 Å². The molecule has 4 nitrogen and oxygen atoms in total. The SMILES string of the molecule is COc1ccc2c(c1)N(C)C(C(=O)O)CC2. The van der Waals surface area contributed by atoms with Crippen molar-refractivity contribution >= 4 is 11.7 Å². The molecule has 86 valence electrons. The number of carbonyl (C=O) groups is 1. The Bertz CT molecular complexity index is 417. The second-order valence-electron chi connectivity index (χ2n) is 4.00. The summed E-state index contributed by atoms with van der Waals surface area (Å²) in [5.74, 6) is -0.00684. The summed E-state index contributed by atoms with van der Waals surface area (Å²) in [7, 11) is 3.43. The van der Waals surface area contributed by atoms with Crippen molar-refractivity contribution in [1.82, 2.24) is 0 Å². The lowest BCUT2D eigenvalue weighted by atomic mass is 9.96. The largest absolute Gasteiger partial charge is 0.497 e. The number of likely N-dealkylation sites (N-methyl/N-ethyl adjacent to an activating group) is 1. The van der Waals surface area contributed by atoms with E-state index in [1.807, 2.05) is 30.1 Å². The molecule has 2 rings (SSSR count). The minimum Gasteiger partial charge on any atom is -0.497 e. The molecule has 0 amide bonds. The number of carboxylic acid groups (broad SMARTS) is 1. The molecule has 0 saturated carbocycles. The number of fused-ring (bicyclic) bond motifs is 1. The predicted molar refractivity (Wildman–Crippen MR) is 61.1 cm³/mol. The number of aryl methyl sites for hydroxylation is 1. The zero-order valence-electron chi connectivity index (χ0n) is 9.43. The third-order valence-corrected chi connectivity index (χ3v) is 3.11. The van der Waals surface area contributed by atoms with Gasteiger partial charge in [-0.3, -0.25) is 0 Å². The second-order valence-corrected chi connectivity index (χ2v) is 4.00. The number of benzene rings is 1. The van der Waals surface area contributed by atoms with Crippen molar-refractivity contribution in [3.05, 3.63) is 23.8 Å². The smallest absolute Gasteiger partial charge is 0.326 e. The van der Waals surface area contributed by atoms with Gasteiger partial charge in [-0.25, -0.2) is 4.79 Å². The minimum absolute atomic E-state index is 0.431. The van der Waals surface area contributed by atoms with Crippen molar-refractivity contribution < 1.29 is 14.6 Å². The maximum Gasteiger partial charge on any atom is 0.326 e. The molecule has 16 heavy (non-hydrogen) atoms. The van der Waals surface area contributed by atoms with Crippen molar-refractivity contribution in [2.45, 2.75) is 18.9 Å². The zero-order chi connectivity index (χ0) is 11.7. The molecule has 4 heteroatoms. The van der Waals surface area contributed by atoms with E-state index in [0.29, 0.717) is 6.42 Å². The number of rotatable bonds is 2. The fraction of sp³-hybridized carbons (Fsp3) is 0.417. The minimum atomic E-state index is -0.768. The molecule has 0 aromatic heterocycles. The molecular weight excluding hydrogens is 206 g/mol. The van der Waals surface area contributed by atoms with Crippen LogP contribution in [0.5, 0.6) is 5.75 Å². The first kappa shape index (κ1) is 10.8. The molecule has 1 atom stereocenters. The molecule has 1 aromatic rings. The van der Waals surface area contributed by atoms with Gasteiger partial charge in [-0.2, -0.15) is 0 Å². The van der Waals surface area contributed by atoms with E-state index in [4.69, 9.17) is 9.84 Å². The monoisotopic (exact) mass is 221 g/mol. The molecule has 0 saturated heterocycles. The van der Waals surface area contributed by atoms with Crippen molar-refractivity contribution in [2.24, 2.45) is 0 Å². The van der Waals surface area contributed by atoms with Crippen LogP contribution in [0.15, 0.2) is 18.2 Å². The van der Waals surface area contributed by atoms with Crippen LogP contribution in [-0.2, 0) is 11.2 Å². The van der Waals surface area contributed by atoms with E-state index in [1.165, 1.54) is 5.56 Å². The van der Waals surface area contributed by atoms with E-state index >= 15 is 0 Å². The van der Waals surface area contributed by atoms with Crippen molar-refractivity contribution in [3.63, 3.8) is 0 Å². The van der Waals surface area contributed by atoms with E-state index in [2.05, 4.69) is 0 Å². The number of hydrogen-bond donors (Lipinski definition) is 1. The second kappa shape index (κ2) is 4.04. The third-order valence-electron chi connectivity index (χ3n) is 3.11. The molecule has 1 aliphatic rings. The number of nitrogens with zero attached hydrogens (tertiary/aromatic N) is 1. The Balaban J connectivity index is 2.38. The van der Waals surface area contributed by atoms with E-state index in [9.17, 15) is 4.79 Å². The van der Waals surface area contributed by atoms with E-state index in [-0.39, 0.29) is 0 Å². The Kier molecular flexibility index (Phi) is 2.73. The lowest BCUT2D eigenvalue weighted by Crippen LogP contribution is -2.41. The maximum absolute atomic E-state index is 11.1. The summed E-state index contributed by atoms with van der Waals surface area (Å²) in [6, 6.07) is 5.38. The van der Waals surface area contributed by atoms with Crippen LogP contribution in [-0.4, -0.2) is 31.3 Å². The van der Waals surface area contributed by atoms with Gasteiger partial charge in [-0.05, 0) is 24.5 Å². The summed E-state index contributed by atoms with van der Waals surface area (Å²) >= 11 is 0. The maximum atomic E-state index is 11.1. The van der Waals surface area contributed by atoms with Gasteiger partial charge < -0.3 is 14.7 Å². The first-order chi connectivity index (χ1) is 7.63. The van der Waals surface area contributed by atoms with Gasteiger partial charge in [0.2, 0.25) is 0 Å². The third kappa shape index (κ3) is 1.71. The lowest BCUT2D eigenvalue weighted by molar-refractivity contribution is -0.138. The average molecular weight is 221 g/mol. The number of aliphatic carboxylic acids is 1. The molecule has 1 unspecified atom stereocenters. The van der Waals surface area contributed by atoms with Gasteiger partial charge in [-0.1, -0.05) is 6.07 Å². The molecule has 0 fully saturated rings. The predicted octanol–water partition coefficient (Wildman–Crippen LogP) is 1.53. The molecule has 0 aliphatic carbocycles. The molecule has 1 aliphatic heterocycles. The highest BCUT2D eigenvalue weighted by atomic mass is 16.5. The van der Waals surface area contributed by atoms with E-state index in [1.54, 1.807) is 7.11 Å². The first-order valence-electron chi connectivity index (χ1n) is 5.26. The Morgan fingerprint density at radius 2 is 2.31 bits per heavy atom. The van der Waals surface area contributed by atoms with Gasteiger partial charge in [0, 0.05) is 18.8 Å². The number of methoxy groups -OCH3 is 1. The fourth-order valence-corrected chi connectivity index (χ4v) is 2.15. The quantitative estimate of drug-likeness (QED) is 0.822. The number of anilines is 1. The van der Waals surface area contributed by atoms with Gasteiger partial charge in [0.15, 0.2) is 0 Å². The van der Waals surface area contributed by atoms with Crippen LogP contribution in [0.25, 0.3) is 0 Å². The van der Waals surface area contributed by atoms with Crippen molar-refractivity contribution in [1.29, 1.82) is 0 Å². The Morgan fingerprint density at radius 1 is 1.56 bits per heavy atom. The molecular formula is C12H15NO3. The highest BCUT2D eigenvalue weighted by molar-refractivity contribution is 5.80. The summed E-state index contributed by atoms with van der Waals surface area (Å²) in [4.78, 5) is 12.9. The average Bonchev–Trinajstić information content (AvgIpc) is 2.28. The van der Waals surface area contributed by atoms with Crippen molar-refractivity contribution in [3.8, 4) is 5.75 Å². The summed E-state index contributed by atoms with van der Waals surface area (Å²) in [6.45, 7) is 0. The van der Waals surface area contributed by atoms with E-state index < -0.39 is 12.0 Å².